The first-order valence-corrected chi connectivity index (χ1v) is 6.50. The monoisotopic (exact) mass is 242 g/mol. The summed E-state index contributed by atoms with van der Waals surface area (Å²) in [5, 5.41) is 6.30. The third kappa shape index (κ3) is 4.94. The standard InChI is InChI=1S/C13H26N2O2/c1-9(2)10-6-7-14-8-11(10)15-12(16)17-13(3,4)5/h9-11,14H,6-8H2,1-5H3,(H,15,16). The van der Waals surface area contributed by atoms with Crippen LogP contribution in [0.15, 0.2) is 0 Å². The quantitative estimate of drug-likeness (QED) is 0.780. The van der Waals surface area contributed by atoms with Crippen LogP contribution in [-0.4, -0.2) is 30.8 Å². The Morgan fingerprint density at radius 1 is 1.41 bits per heavy atom. The van der Waals surface area contributed by atoms with E-state index in [-0.39, 0.29) is 12.1 Å². The second-order valence-corrected chi connectivity index (χ2v) is 6.15. The highest BCUT2D eigenvalue weighted by molar-refractivity contribution is 5.68. The molecule has 1 aliphatic rings. The summed E-state index contributed by atoms with van der Waals surface area (Å²) in [7, 11) is 0. The molecule has 0 aromatic carbocycles. The number of hydrogen-bond donors (Lipinski definition) is 2. The summed E-state index contributed by atoms with van der Waals surface area (Å²) in [4.78, 5) is 11.7. The van der Waals surface area contributed by atoms with Gasteiger partial charge in [-0.15, -0.1) is 0 Å². The van der Waals surface area contributed by atoms with Crippen LogP contribution in [0.2, 0.25) is 0 Å². The summed E-state index contributed by atoms with van der Waals surface area (Å²) in [5.41, 5.74) is -0.431. The summed E-state index contributed by atoms with van der Waals surface area (Å²) >= 11 is 0. The lowest BCUT2D eigenvalue weighted by Gasteiger charge is -2.35. The van der Waals surface area contributed by atoms with Crippen LogP contribution in [0.1, 0.15) is 41.0 Å². The summed E-state index contributed by atoms with van der Waals surface area (Å²) in [5.74, 6) is 1.11. The van der Waals surface area contributed by atoms with Gasteiger partial charge >= 0.3 is 6.09 Å². The average Bonchev–Trinajstić information content (AvgIpc) is 2.14. The van der Waals surface area contributed by atoms with Crippen molar-refractivity contribution >= 4 is 6.09 Å². The number of hydrogen-bond acceptors (Lipinski definition) is 3. The number of alkyl carbamates (subject to hydrolysis) is 1. The molecule has 2 atom stereocenters. The van der Waals surface area contributed by atoms with Gasteiger partial charge < -0.3 is 15.4 Å². The Kier molecular flexibility index (Phi) is 4.80. The van der Waals surface area contributed by atoms with E-state index in [1.54, 1.807) is 0 Å². The molecular formula is C13H26N2O2. The lowest BCUT2D eigenvalue weighted by Crippen LogP contribution is -2.53. The maximum atomic E-state index is 11.7. The van der Waals surface area contributed by atoms with E-state index in [0.717, 1.165) is 19.5 Å². The molecule has 100 valence electrons. The molecule has 0 bridgehead atoms. The van der Waals surface area contributed by atoms with Gasteiger partial charge in [0, 0.05) is 12.6 Å². The second-order valence-electron chi connectivity index (χ2n) is 6.15. The van der Waals surface area contributed by atoms with Gasteiger partial charge in [0.05, 0.1) is 0 Å². The maximum Gasteiger partial charge on any atom is 0.407 e. The Balaban J connectivity index is 2.50. The zero-order valence-electron chi connectivity index (χ0n) is 11.7. The smallest absolute Gasteiger partial charge is 0.407 e. The predicted molar refractivity (Wildman–Crippen MR) is 69.0 cm³/mol. The fourth-order valence-corrected chi connectivity index (χ4v) is 2.29. The van der Waals surface area contributed by atoms with Crippen molar-refractivity contribution in [2.45, 2.75) is 52.7 Å². The summed E-state index contributed by atoms with van der Waals surface area (Å²) in [6.45, 7) is 11.9. The minimum absolute atomic E-state index is 0.179. The molecule has 1 fully saturated rings. The van der Waals surface area contributed by atoms with E-state index < -0.39 is 5.60 Å². The molecule has 0 aliphatic carbocycles. The van der Waals surface area contributed by atoms with Crippen molar-refractivity contribution in [3.05, 3.63) is 0 Å². The van der Waals surface area contributed by atoms with Crippen LogP contribution in [0.5, 0.6) is 0 Å². The van der Waals surface area contributed by atoms with Gasteiger partial charge in [-0.25, -0.2) is 4.79 Å². The number of piperidine rings is 1. The van der Waals surface area contributed by atoms with E-state index in [1.165, 1.54) is 0 Å². The minimum atomic E-state index is -0.431. The molecule has 17 heavy (non-hydrogen) atoms. The summed E-state index contributed by atoms with van der Waals surface area (Å²) < 4.78 is 5.29. The van der Waals surface area contributed by atoms with Gasteiger partial charge in [0.2, 0.25) is 0 Å². The molecule has 0 saturated carbocycles. The first-order valence-electron chi connectivity index (χ1n) is 6.50. The van der Waals surface area contributed by atoms with Crippen molar-refractivity contribution in [2.24, 2.45) is 11.8 Å². The first kappa shape index (κ1) is 14.3. The van der Waals surface area contributed by atoms with Gasteiger partial charge in [0.1, 0.15) is 5.60 Å². The minimum Gasteiger partial charge on any atom is -0.444 e. The van der Waals surface area contributed by atoms with Crippen LogP contribution in [0.25, 0.3) is 0 Å². The van der Waals surface area contributed by atoms with Gasteiger partial charge in [-0.2, -0.15) is 0 Å². The van der Waals surface area contributed by atoms with Gasteiger partial charge in [-0.1, -0.05) is 13.8 Å². The Labute approximate surface area is 104 Å². The fourth-order valence-electron chi connectivity index (χ4n) is 2.29. The predicted octanol–water partition coefficient (Wildman–Crippen LogP) is 2.15. The highest BCUT2D eigenvalue weighted by atomic mass is 16.6. The maximum absolute atomic E-state index is 11.7. The van der Waals surface area contributed by atoms with Crippen LogP contribution in [0.4, 0.5) is 4.79 Å². The van der Waals surface area contributed by atoms with Crippen LogP contribution in [0.3, 0.4) is 0 Å². The van der Waals surface area contributed by atoms with Crippen LogP contribution < -0.4 is 10.6 Å². The largest absolute Gasteiger partial charge is 0.444 e. The zero-order chi connectivity index (χ0) is 13.1. The SMILES string of the molecule is CC(C)C1CCNCC1NC(=O)OC(C)(C)C. The molecule has 0 spiro atoms. The van der Waals surface area contributed by atoms with Crippen molar-refractivity contribution in [1.29, 1.82) is 0 Å². The highest BCUT2D eigenvalue weighted by Crippen LogP contribution is 2.22. The van der Waals surface area contributed by atoms with Crippen LogP contribution >= 0.6 is 0 Å². The number of rotatable bonds is 2. The Morgan fingerprint density at radius 2 is 2.06 bits per heavy atom. The fraction of sp³-hybridized carbons (Fsp3) is 0.923. The van der Waals surface area contributed by atoms with Crippen molar-refractivity contribution in [3.8, 4) is 0 Å². The molecule has 4 nitrogen and oxygen atoms in total. The molecular weight excluding hydrogens is 216 g/mol. The number of carbonyl (C=O) groups is 1. The van der Waals surface area contributed by atoms with Gasteiger partial charge in [0.15, 0.2) is 0 Å². The molecule has 0 aromatic rings. The molecule has 2 N–H and O–H groups in total. The van der Waals surface area contributed by atoms with E-state index in [9.17, 15) is 4.79 Å². The first-order chi connectivity index (χ1) is 7.79. The van der Waals surface area contributed by atoms with Crippen molar-refractivity contribution < 1.29 is 9.53 Å². The number of nitrogens with one attached hydrogen (secondary N) is 2. The van der Waals surface area contributed by atoms with E-state index in [4.69, 9.17) is 4.74 Å². The Bertz CT molecular complexity index is 259. The highest BCUT2D eigenvalue weighted by Gasteiger charge is 2.29. The average molecular weight is 242 g/mol. The third-order valence-corrected chi connectivity index (χ3v) is 3.09. The Morgan fingerprint density at radius 3 is 2.59 bits per heavy atom. The lowest BCUT2D eigenvalue weighted by molar-refractivity contribution is 0.0462. The van der Waals surface area contributed by atoms with Gasteiger partial charge in [0.25, 0.3) is 0 Å². The van der Waals surface area contributed by atoms with Crippen LogP contribution in [-0.2, 0) is 4.74 Å². The molecule has 0 aromatic heterocycles. The van der Waals surface area contributed by atoms with E-state index in [1.807, 2.05) is 20.8 Å². The second kappa shape index (κ2) is 5.71. The van der Waals surface area contributed by atoms with Crippen molar-refractivity contribution in [2.75, 3.05) is 13.1 Å². The molecule has 1 rings (SSSR count). The topological polar surface area (TPSA) is 50.4 Å². The van der Waals surface area contributed by atoms with Gasteiger partial charge in [-0.05, 0) is 45.6 Å². The zero-order valence-corrected chi connectivity index (χ0v) is 11.7. The summed E-state index contributed by atoms with van der Waals surface area (Å²) in [6, 6.07) is 0.179. The van der Waals surface area contributed by atoms with E-state index in [2.05, 4.69) is 24.5 Å². The normalized spacial score (nSPS) is 25.8. The third-order valence-electron chi connectivity index (χ3n) is 3.09. The molecule has 4 heteroatoms. The van der Waals surface area contributed by atoms with Crippen molar-refractivity contribution in [3.63, 3.8) is 0 Å². The number of ether oxygens (including phenoxy) is 1. The molecule has 1 aliphatic heterocycles. The van der Waals surface area contributed by atoms with Gasteiger partial charge in [-0.3, -0.25) is 0 Å². The molecule has 0 radical (unpaired) electrons. The molecule has 2 unspecified atom stereocenters. The molecule has 1 saturated heterocycles. The summed E-state index contributed by atoms with van der Waals surface area (Å²) in [6.07, 6.45) is 0.801. The number of amides is 1. The lowest BCUT2D eigenvalue weighted by atomic mass is 9.83. The molecule has 1 amide bonds. The van der Waals surface area contributed by atoms with E-state index >= 15 is 0 Å². The number of carbonyl (C=O) groups excluding carboxylic acids is 1. The molecule has 1 heterocycles. The van der Waals surface area contributed by atoms with Crippen molar-refractivity contribution in [1.82, 2.24) is 10.6 Å². The Hall–Kier alpha value is -0.770. The van der Waals surface area contributed by atoms with Crippen LogP contribution in [0, 0.1) is 11.8 Å². The van der Waals surface area contributed by atoms with E-state index in [0.29, 0.717) is 11.8 Å².